The van der Waals surface area contributed by atoms with Crippen LogP contribution in [0.2, 0.25) is 0 Å². The van der Waals surface area contributed by atoms with E-state index in [0.29, 0.717) is 23.3 Å². The van der Waals surface area contributed by atoms with E-state index in [-0.39, 0.29) is 18.8 Å². The van der Waals surface area contributed by atoms with Gasteiger partial charge in [0.1, 0.15) is 12.3 Å². The molecule has 0 fully saturated rings. The minimum absolute atomic E-state index is 0.123. The van der Waals surface area contributed by atoms with Crippen LogP contribution in [-0.2, 0) is 11.3 Å². The smallest absolute Gasteiger partial charge is 0.372 e. The second kappa shape index (κ2) is 7.90. The molecule has 0 saturated heterocycles. The molecule has 9 heteroatoms. The minimum Gasteiger partial charge on any atom is -0.372 e. The molecule has 120 valence electrons. The fraction of sp³-hybridized carbons (Fsp3) is 0.667. The van der Waals surface area contributed by atoms with Crippen LogP contribution in [0.4, 0.5) is 13.2 Å². The lowest BCUT2D eigenvalue weighted by Crippen LogP contribution is -2.22. The van der Waals surface area contributed by atoms with Crippen molar-refractivity contribution in [1.29, 1.82) is 0 Å². The summed E-state index contributed by atoms with van der Waals surface area (Å²) in [6, 6.07) is 0. The zero-order chi connectivity index (χ0) is 16.0. The average Bonchev–Trinajstić information content (AvgIpc) is 2.72. The Balaban J connectivity index is 2.55. The first kappa shape index (κ1) is 18.1. The highest BCUT2D eigenvalue weighted by Gasteiger charge is 2.27. The highest BCUT2D eigenvalue weighted by Crippen LogP contribution is 2.19. The molecule has 0 aliphatic rings. The summed E-state index contributed by atoms with van der Waals surface area (Å²) < 4.78 is 42.3. The molecule has 0 saturated carbocycles. The van der Waals surface area contributed by atoms with Gasteiger partial charge in [-0.15, -0.1) is 0 Å². The third-order valence-corrected chi connectivity index (χ3v) is 3.14. The summed E-state index contributed by atoms with van der Waals surface area (Å²) in [5, 5.41) is 4.08. The predicted molar refractivity (Wildman–Crippen MR) is 74.3 cm³/mol. The quantitative estimate of drug-likeness (QED) is 0.519. The number of rotatable bonds is 8. The Morgan fingerprint density at radius 1 is 1.48 bits per heavy atom. The number of aromatic nitrogens is 2. The Labute approximate surface area is 129 Å². The minimum atomic E-state index is -4.38. The van der Waals surface area contributed by atoms with Crippen molar-refractivity contribution in [1.82, 2.24) is 14.7 Å². The molecule has 0 aromatic carbocycles. The zero-order valence-corrected chi connectivity index (χ0v) is 13.4. The van der Waals surface area contributed by atoms with E-state index in [4.69, 9.17) is 0 Å². The second-order valence-corrected chi connectivity index (χ2v) is 5.56. The number of carbonyl (C=O) groups excluding carboxylic acids is 1. The van der Waals surface area contributed by atoms with Gasteiger partial charge in [-0.3, -0.25) is 9.48 Å². The summed E-state index contributed by atoms with van der Waals surface area (Å²) in [6.45, 7) is -0.410. The first-order chi connectivity index (χ1) is 9.70. The number of carbonyl (C=O) groups is 1. The van der Waals surface area contributed by atoms with Crippen LogP contribution in [0.25, 0.3) is 0 Å². The van der Waals surface area contributed by atoms with Crippen molar-refractivity contribution in [3.63, 3.8) is 0 Å². The lowest BCUT2D eigenvalue weighted by Gasteiger charge is -2.12. The number of ether oxygens (including phenoxy) is 1. The molecule has 0 N–H and O–H groups in total. The van der Waals surface area contributed by atoms with Crippen LogP contribution >= 0.6 is 15.9 Å². The van der Waals surface area contributed by atoms with Crippen molar-refractivity contribution < 1.29 is 22.7 Å². The predicted octanol–water partition coefficient (Wildman–Crippen LogP) is 2.36. The molecule has 21 heavy (non-hydrogen) atoms. The van der Waals surface area contributed by atoms with Gasteiger partial charge in [0.15, 0.2) is 5.78 Å². The van der Waals surface area contributed by atoms with Gasteiger partial charge < -0.3 is 9.64 Å². The maximum atomic E-state index is 12.1. The zero-order valence-electron chi connectivity index (χ0n) is 11.8. The number of hydrogen-bond acceptors (Lipinski definition) is 4. The molecule has 0 atom stereocenters. The molecule has 0 unspecified atom stereocenters. The van der Waals surface area contributed by atoms with E-state index in [0.717, 1.165) is 0 Å². The van der Waals surface area contributed by atoms with Gasteiger partial charge in [-0.25, -0.2) is 0 Å². The molecule has 1 aromatic heterocycles. The van der Waals surface area contributed by atoms with Crippen molar-refractivity contribution in [2.75, 3.05) is 33.9 Å². The van der Waals surface area contributed by atoms with E-state index in [1.807, 2.05) is 19.0 Å². The number of likely N-dealkylation sites (N-methyl/N-ethyl adjacent to an activating group) is 1. The van der Waals surface area contributed by atoms with Crippen LogP contribution in [0.1, 0.15) is 16.9 Å². The van der Waals surface area contributed by atoms with Gasteiger partial charge in [-0.05, 0) is 30.0 Å². The number of hydrogen-bond donors (Lipinski definition) is 0. The Morgan fingerprint density at radius 3 is 2.71 bits per heavy atom. The maximum Gasteiger partial charge on any atom is 0.411 e. The first-order valence-electron chi connectivity index (χ1n) is 6.24. The molecule has 5 nitrogen and oxygen atoms in total. The SMILES string of the molecule is CN(C)CCn1ncc(Br)c1C(=O)CCOCC(F)(F)F. The van der Waals surface area contributed by atoms with Crippen LogP contribution in [-0.4, -0.2) is 60.5 Å². The van der Waals surface area contributed by atoms with Crippen molar-refractivity contribution in [3.8, 4) is 0 Å². The van der Waals surface area contributed by atoms with Crippen molar-refractivity contribution in [3.05, 3.63) is 16.4 Å². The fourth-order valence-corrected chi connectivity index (χ4v) is 2.09. The van der Waals surface area contributed by atoms with Gasteiger partial charge in [0.25, 0.3) is 0 Å². The Bertz CT molecular complexity index is 475. The van der Waals surface area contributed by atoms with Gasteiger partial charge in [0, 0.05) is 13.0 Å². The lowest BCUT2D eigenvalue weighted by molar-refractivity contribution is -0.173. The maximum absolute atomic E-state index is 12.1. The first-order valence-corrected chi connectivity index (χ1v) is 7.03. The Hall–Kier alpha value is -0.930. The summed E-state index contributed by atoms with van der Waals surface area (Å²) in [6.07, 6.45) is -3.00. The van der Waals surface area contributed by atoms with Gasteiger partial charge >= 0.3 is 6.18 Å². The van der Waals surface area contributed by atoms with Crippen LogP contribution in [0, 0.1) is 0 Å². The highest BCUT2D eigenvalue weighted by molar-refractivity contribution is 9.10. The summed E-state index contributed by atoms with van der Waals surface area (Å²) in [7, 11) is 3.79. The van der Waals surface area contributed by atoms with E-state index < -0.39 is 12.8 Å². The summed E-state index contributed by atoms with van der Waals surface area (Å²) in [5.41, 5.74) is 0.354. The van der Waals surface area contributed by atoms with E-state index in [2.05, 4.69) is 25.8 Å². The normalized spacial score (nSPS) is 12.1. The van der Waals surface area contributed by atoms with E-state index in [1.54, 1.807) is 0 Å². The van der Waals surface area contributed by atoms with Crippen LogP contribution < -0.4 is 0 Å². The third-order valence-electron chi connectivity index (χ3n) is 2.56. The van der Waals surface area contributed by atoms with Crippen molar-refractivity contribution in [2.45, 2.75) is 19.1 Å². The Morgan fingerprint density at radius 2 is 2.14 bits per heavy atom. The second-order valence-electron chi connectivity index (χ2n) is 4.71. The van der Waals surface area contributed by atoms with Crippen LogP contribution in [0.5, 0.6) is 0 Å². The number of Topliss-reactive ketones (excluding diaryl/α,β-unsaturated/α-hetero) is 1. The molecular formula is C12H17BrF3N3O2. The monoisotopic (exact) mass is 371 g/mol. The van der Waals surface area contributed by atoms with Crippen LogP contribution in [0.3, 0.4) is 0 Å². The summed E-state index contributed by atoms with van der Waals surface area (Å²) in [5.74, 6) is -0.305. The molecule has 1 heterocycles. The number of halogens is 4. The number of alkyl halides is 3. The van der Waals surface area contributed by atoms with E-state index in [9.17, 15) is 18.0 Å². The van der Waals surface area contributed by atoms with E-state index >= 15 is 0 Å². The van der Waals surface area contributed by atoms with Gasteiger partial charge in [-0.1, -0.05) is 0 Å². The molecule has 0 radical (unpaired) electrons. The van der Waals surface area contributed by atoms with Crippen molar-refractivity contribution in [2.24, 2.45) is 0 Å². The average molecular weight is 372 g/mol. The van der Waals surface area contributed by atoms with E-state index in [1.165, 1.54) is 10.9 Å². The van der Waals surface area contributed by atoms with Gasteiger partial charge in [0.05, 0.1) is 23.8 Å². The third kappa shape index (κ3) is 6.58. The number of nitrogens with zero attached hydrogens (tertiary/aromatic N) is 3. The summed E-state index contributed by atoms with van der Waals surface area (Å²) >= 11 is 3.23. The fourth-order valence-electron chi connectivity index (χ4n) is 1.58. The largest absolute Gasteiger partial charge is 0.411 e. The molecule has 1 rings (SSSR count). The molecule has 1 aromatic rings. The van der Waals surface area contributed by atoms with Crippen molar-refractivity contribution >= 4 is 21.7 Å². The molecule has 0 spiro atoms. The highest BCUT2D eigenvalue weighted by atomic mass is 79.9. The standard InChI is InChI=1S/C12H17BrF3N3O2/c1-18(2)4-5-19-11(9(13)7-17-19)10(20)3-6-21-8-12(14,15)16/h7H,3-6,8H2,1-2H3. The molecule has 0 bridgehead atoms. The molecule has 0 amide bonds. The van der Waals surface area contributed by atoms with Crippen LogP contribution in [0.15, 0.2) is 10.7 Å². The lowest BCUT2D eigenvalue weighted by atomic mass is 10.2. The molecule has 0 aliphatic heterocycles. The van der Waals surface area contributed by atoms with Gasteiger partial charge in [0.2, 0.25) is 0 Å². The van der Waals surface area contributed by atoms with Gasteiger partial charge in [-0.2, -0.15) is 18.3 Å². The Kier molecular flexibility index (Phi) is 6.82. The summed E-state index contributed by atoms with van der Waals surface area (Å²) in [4.78, 5) is 14.0. The number of ketones is 1. The topological polar surface area (TPSA) is 47.4 Å². The molecular weight excluding hydrogens is 355 g/mol. The molecule has 0 aliphatic carbocycles.